The molecular formula is C10H16N2O2. The monoisotopic (exact) mass is 196 g/mol. The van der Waals surface area contributed by atoms with Crippen LogP contribution >= 0.6 is 0 Å². The minimum atomic E-state index is -0.796. The van der Waals surface area contributed by atoms with Crippen LogP contribution in [0.5, 0.6) is 0 Å². The van der Waals surface area contributed by atoms with E-state index in [9.17, 15) is 4.79 Å². The predicted octanol–water partition coefficient (Wildman–Crippen LogP) is 1.65. The Morgan fingerprint density at radius 2 is 2.29 bits per heavy atom. The summed E-state index contributed by atoms with van der Waals surface area (Å²) in [6.45, 7) is 6.50. The third kappa shape index (κ3) is 1.78. The second kappa shape index (κ2) is 4.26. The standard InChI is InChI=1S/C10H16N2O2/c1-4-9-8(7(3)10(13)14)6-11-12(9)5-2/h6-7H,4-5H2,1-3H3,(H,13,14). The number of aryl methyl sites for hydroxylation is 1. The first-order valence-electron chi connectivity index (χ1n) is 4.89. The van der Waals surface area contributed by atoms with Gasteiger partial charge in [0.25, 0.3) is 0 Å². The quantitative estimate of drug-likeness (QED) is 0.796. The molecule has 1 rings (SSSR count). The number of nitrogens with zero attached hydrogens (tertiary/aromatic N) is 2. The Balaban J connectivity index is 3.08. The second-order valence-corrected chi connectivity index (χ2v) is 3.28. The molecule has 1 aromatic heterocycles. The van der Waals surface area contributed by atoms with Crippen LogP contribution in [0.1, 0.15) is 37.9 Å². The summed E-state index contributed by atoms with van der Waals surface area (Å²) in [5, 5.41) is 13.1. The van der Waals surface area contributed by atoms with E-state index in [4.69, 9.17) is 5.11 Å². The highest BCUT2D eigenvalue weighted by molar-refractivity contribution is 5.75. The van der Waals surface area contributed by atoms with Gasteiger partial charge in [-0.25, -0.2) is 0 Å². The van der Waals surface area contributed by atoms with E-state index in [0.29, 0.717) is 0 Å². The lowest BCUT2D eigenvalue weighted by molar-refractivity contribution is -0.138. The van der Waals surface area contributed by atoms with Crippen LogP contribution in [0.25, 0.3) is 0 Å². The normalized spacial score (nSPS) is 12.8. The van der Waals surface area contributed by atoms with Crippen molar-refractivity contribution < 1.29 is 9.90 Å². The zero-order valence-electron chi connectivity index (χ0n) is 8.82. The van der Waals surface area contributed by atoms with Crippen LogP contribution in [0.15, 0.2) is 6.20 Å². The summed E-state index contributed by atoms with van der Waals surface area (Å²) in [6.07, 6.45) is 2.49. The van der Waals surface area contributed by atoms with E-state index in [-0.39, 0.29) is 0 Å². The predicted molar refractivity (Wildman–Crippen MR) is 53.3 cm³/mol. The highest BCUT2D eigenvalue weighted by Crippen LogP contribution is 2.20. The molecular weight excluding hydrogens is 180 g/mol. The number of hydrogen-bond donors (Lipinski definition) is 1. The molecule has 0 saturated carbocycles. The molecule has 0 saturated heterocycles. The number of carboxylic acids is 1. The van der Waals surface area contributed by atoms with E-state index in [1.165, 1.54) is 0 Å². The first-order valence-corrected chi connectivity index (χ1v) is 4.89. The SMILES string of the molecule is CCc1c(C(C)C(=O)O)cnn1CC. The fraction of sp³-hybridized carbons (Fsp3) is 0.600. The van der Waals surface area contributed by atoms with Gasteiger partial charge in [-0.05, 0) is 20.3 Å². The molecule has 1 atom stereocenters. The number of carboxylic acid groups (broad SMARTS) is 1. The smallest absolute Gasteiger partial charge is 0.310 e. The van der Waals surface area contributed by atoms with Crippen molar-refractivity contribution in [1.82, 2.24) is 9.78 Å². The zero-order chi connectivity index (χ0) is 10.7. The number of aliphatic carboxylic acids is 1. The molecule has 0 bridgehead atoms. The molecule has 4 nitrogen and oxygen atoms in total. The Labute approximate surface area is 83.5 Å². The summed E-state index contributed by atoms with van der Waals surface area (Å²) in [5.41, 5.74) is 1.87. The van der Waals surface area contributed by atoms with Crippen LogP contribution in [0.4, 0.5) is 0 Å². The molecule has 0 radical (unpaired) electrons. The largest absolute Gasteiger partial charge is 0.481 e. The molecule has 1 N–H and O–H groups in total. The topological polar surface area (TPSA) is 55.1 Å². The van der Waals surface area contributed by atoms with Gasteiger partial charge in [-0.1, -0.05) is 6.92 Å². The van der Waals surface area contributed by atoms with Gasteiger partial charge in [0.1, 0.15) is 0 Å². The highest BCUT2D eigenvalue weighted by Gasteiger charge is 2.19. The second-order valence-electron chi connectivity index (χ2n) is 3.28. The van der Waals surface area contributed by atoms with E-state index < -0.39 is 11.9 Å². The van der Waals surface area contributed by atoms with Crippen LogP contribution in [0.3, 0.4) is 0 Å². The van der Waals surface area contributed by atoms with Crippen molar-refractivity contribution in [2.75, 3.05) is 0 Å². The molecule has 1 heterocycles. The van der Waals surface area contributed by atoms with Gasteiger partial charge in [0, 0.05) is 17.8 Å². The minimum Gasteiger partial charge on any atom is -0.481 e. The lowest BCUT2D eigenvalue weighted by Crippen LogP contribution is -2.10. The number of hydrogen-bond acceptors (Lipinski definition) is 2. The van der Waals surface area contributed by atoms with Gasteiger partial charge >= 0.3 is 5.97 Å². The number of carbonyl (C=O) groups is 1. The summed E-state index contributed by atoms with van der Waals surface area (Å²) in [7, 11) is 0. The fourth-order valence-corrected chi connectivity index (χ4v) is 1.58. The average molecular weight is 196 g/mol. The Kier molecular flexibility index (Phi) is 3.28. The van der Waals surface area contributed by atoms with Gasteiger partial charge in [0.15, 0.2) is 0 Å². The van der Waals surface area contributed by atoms with Crippen molar-refractivity contribution in [3.63, 3.8) is 0 Å². The Hall–Kier alpha value is -1.32. The fourth-order valence-electron chi connectivity index (χ4n) is 1.58. The molecule has 1 unspecified atom stereocenters. The molecule has 0 spiro atoms. The number of aromatic nitrogens is 2. The minimum absolute atomic E-state index is 0.467. The van der Waals surface area contributed by atoms with Crippen LogP contribution in [-0.4, -0.2) is 20.9 Å². The maximum absolute atomic E-state index is 10.8. The highest BCUT2D eigenvalue weighted by atomic mass is 16.4. The van der Waals surface area contributed by atoms with Crippen LogP contribution in [0, 0.1) is 0 Å². The molecule has 0 aliphatic carbocycles. The third-order valence-electron chi connectivity index (χ3n) is 2.45. The van der Waals surface area contributed by atoms with Gasteiger partial charge in [0.2, 0.25) is 0 Å². The summed E-state index contributed by atoms with van der Waals surface area (Å²) < 4.78 is 1.86. The molecule has 0 aliphatic heterocycles. The summed E-state index contributed by atoms with van der Waals surface area (Å²) in [5.74, 6) is -1.26. The third-order valence-corrected chi connectivity index (χ3v) is 2.45. The molecule has 0 fully saturated rings. The van der Waals surface area contributed by atoms with E-state index in [2.05, 4.69) is 5.10 Å². The van der Waals surface area contributed by atoms with Crippen molar-refractivity contribution in [1.29, 1.82) is 0 Å². The molecule has 4 heteroatoms. The maximum Gasteiger partial charge on any atom is 0.310 e. The Bertz CT molecular complexity index is 331. The first-order chi connectivity index (χ1) is 6.61. The van der Waals surface area contributed by atoms with Crippen LogP contribution in [0.2, 0.25) is 0 Å². The lowest BCUT2D eigenvalue weighted by atomic mass is 10.0. The van der Waals surface area contributed by atoms with Gasteiger partial charge in [-0.3, -0.25) is 9.48 Å². The number of rotatable bonds is 4. The first kappa shape index (κ1) is 10.8. The van der Waals surface area contributed by atoms with Gasteiger partial charge in [0.05, 0.1) is 12.1 Å². The summed E-state index contributed by atoms with van der Waals surface area (Å²) in [4.78, 5) is 10.8. The van der Waals surface area contributed by atoms with E-state index >= 15 is 0 Å². The Morgan fingerprint density at radius 1 is 1.64 bits per heavy atom. The van der Waals surface area contributed by atoms with Crippen molar-refractivity contribution in [3.8, 4) is 0 Å². The molecule has 0 aromatic carbocycles. The van der Waals surface area contributed by atoms with E-state index in [1.807, 2.05) is 18.5 Å². The average Bonchev–Trinajstić information content (AvgIpc) is 2.58. The van der Waals surface area contributed by atoms with Crippen molar-refractivity contribution in [3.05, 3.63) is 17.5 Å². The van der Waals surface area contributed by atoms with Gasteiger partial charge in [-0.15, -0.1) is 0 Å². The lowest BCUT2D eigenvalue weighted by Gasteiger charge is -2.08. The van der Waals surface area contributed by atoms with Crippen molar-refractivity contribution in [2.24, 2.45) is 0 Å². The van der Waals surface area contributed by atoms with Crippen LogP contribution < -0.4 is 0 Å². The molecule has 0 aliphatic rings. The van der Waals surface area contributed by atoms with Gasteiger partial charge < -0.3 is 5.11 Å². The van der Waals surface area contributed by atoms with Gasteiger partial charge in [-0.2, -0.15) is 5.10 Å². The molecule has 1 aromatic rings. The summed E-state index contributed by atoms with van der Waals surface area (Å²) >= 11 is 0. The molecule has 14 heavy (non-hydrogen) atoms. The maximum atomic E-state index is 10.8. The zero-order valence-corrected chi connectivity index (χ0v) is 8.82. The van der Waals surface area contributed by atoms with Crippen LogP contribution in [-0.2, 0) is 17.8 Å². The van der Waals surface area contributed by atoms with E-state index in [0.717, 1.165) is 24.2 Å². The van der Waals surface area contributed by atoms with E-state index in [1.54, 1.807) is 13.1 Å². The van der Waals surface area contributed by atoms with Crippen molar-refractivity contribution in [2.45, 2.75) is 39.7 Å². The molecule has 0 amide bonds. The summed E-state index contributed by atoms with van der Waals surface area (Å²) in [6, 6.07) is 0. The Morgan fingerprint density at radius 3 is 2.71 bits per heavy atom. The molecule has 78 valence electrons. The van der Waals surface area contributed by atoms with Crippen molar-refractivity contribution >= 4 is 5.97 Å².